The number of fused-ring (bicyclic) bond motifs is 1. The molecule has 104 valence electrons. The lowest BCUT2D eigenvalue weighted by Gasteiger charge is -2.11. The highest BCUT2D eigenvalue weighted by atomic mass is 32.2. The summed E-state index contributed by atoms with van der Waals surface area (Å²) in [6.07, 6.45) is 0. The zero-order valence-electron chi connectivity index (χ0n) is 11.5. The number of halogens is 1. The quantitative estimate of drug-likeness (QED) is 0.933. The molecule has 0 amide bonds. The molecule has 3 nitrogen and oxygen atoms in total. The van der Waals surface area contributed by atoms with Crippen LogP contribution < -0.4 is 5.32 Å². The van der Waals surface area contributed by atoms with Gasteiger partial charge in [0.2, 0.25) is 0 Å². The van der Waals surface area contributed by atoms with Gasteiger partial charge in [-0.15, -0.1) is 0 Å². The fourth-order valence-electron chi connectivity index (χ4n) is 2.36. The summed E-state index contributed by atoms with van der Waals surface area (Å²) in [5.74, 6) is 3.09. The van der Waals surface area contributed by atoms with Crippen LogP contribution in [-0.4, -0.2) is 16.5 Å². The Hall–Kier alpha value is -1.62. The van der Waals surface area contributed by atoms with Gasteiger partial charge in [0.25, 0.3) is 0 Å². The number of rotatable bonds is 3. The summed E-state index contributed by atoms with van der Waals surface area (Å²) in [6.45, 7) is 4.74. The van der Waals surface area contributed by atoms with E-state index in [9.17, 15) is 4.39 Å². The van der Waals surface area contributed by atoms with Gasteiger partial charge in [-0.1, -0.05) is 0 Å². The summed E-state index contributed by atoms with van der Waals surface area (Å²) < 4.78 is 13.6. The van der Waals surface area contributed by atoms with Crippen LogP contribution in [0.2, 0.25) is 0 Å². The smallest absolute Gasteiger partial charge is 0.161 e. The van der Waals surface area contributed by atoms with E-state index < -0.39 is 0 Å². The Morgan fingerprint density at radius 2 is 2.10 bits per heavy atom. The van der Waals surface area contributed by atoms with Crippen molar-refractivity contribution in [3.05, 3.63) is 40.8 Å². The first kappa shape index (κ1) is 13.4. The first-order chi connectivity index (χ1) is 9.67. The summed E-state index contributed by atoms with van der Waals surface area (Å²) >= 11 is 1.84. The van der Waals surface area contributed by atoms with Crippen molar-refractivity contribution in [2.75, 3.05) is 11.9 Å². The lowest BCUT2D eigenvalue weighted by molar-refractivity contribution is 0.627. The number of aromatic nitrogens is 2. The molecular weight excluding hydrogens is 273 g/mol. The molecule has 1 N–H and O–H groups in total. The number of aryl methyl sites for hydroxylation is 1. The Labute approximate surface area is 122 Å². The minimum absolute atomic E-state index is 0.247. The summed E-state index contributed by atoms with van der Waals surface area (Å²) in [6, 6.07) is 4.92. The molecule has 0 saturated carbocycles. The van der Waals surface area contributed by atoms with E-state index in [1.54, 1.807) is 0 Å². The molecule has 0 bridgehead atoms. The molecule has 0 spiro atoms. The van der Waals surface area contributed by atoms with E-state index in [0.717, 1.165) is 40.7 Å². The van der Waals surface area contributed by atoms with Crippen LogP contribution in [0.1, 0.15) is 23.7 Å². The predicted octanol–water partition coefficient (Wildman–Crippen LogP) is 3.77. The van der Waals surface area contributed by atoms with Crippen molar-refractivity contribution in [2.45, 2.75) is 25.4 Å². The molecule has 2 aromatic rings. The maximum absolute atomic E-state index is 13.6. The van der Waals surface area contributed by atoms with E-state index in [4.69, 9.17) is 0 Å². The van der Waals surface area contributed by atoms with E-state index >= 15 is 0 Å². The van der Waals surface area contributed by atoms with Crippen molar-refractivity contribution >= 4 is 17.6 Å². The van der Waals surface area contributed by atoms with Crippen LogP contribution in [0.4, 0.5) is 10.2 Å². The van der Waals surface area contributed by atoms with E-state index in [2.05, 4.69) is 15.3 Å². The van der Waals surface area contributed by atoms with Crippen molar-refractivity contribution in [2.24, 2.45) is 0 Å². The number of anilines is 1. The Bertz CT molecular complexity index is 638. The highest BCUT2D eigenvalue weighted by molar-refractivity contribution is 7.98. The van der Waals surface area contributed by atoms with Crippen molar-refractivity contribution in [1.82, 2.24) is 9.97 Å². The molecule has 1 aliphatic heterocycles. The molecule has 3 rings (SSSR count). The van der Waals surface area contributed by atoms with Crippen LogP contribution in [0.15, 0.2) is 18.2 Å². The highest BCUT2D eigenvalue weighted by Crippen LogP contribution is 2.34. The minimum atomic E-state index is -0.247. The fraction of sp³-hybridized carbons (Fsp3) is 0.333. The zero-order valence-corrected chi connectivity index (χ0v) is 12.4. The molecule has 0 atom stereocenters. The second-order valence-corrected chi connectivity index (χ2v) is 5.85. The van der Waals surface area contributed by atoms with Gasteiger partial charge in [-0.25, -0.2) is 14.4 Å². The first-order valence-corrected chi connectivity index (χ1v) is 7.82. The first-order valence-electron chi connectivity index (χ1n) is 6.66. The summed E-state index contributed by atoms with van der Waals surface area (Å²) in [7, 11) is 0. The monoisotopic (exact) mass is 289 g/mol. The number of nitrogens with zero attached hydrogens (tertiary/aromatic N) is 2. The highest BCUT2D eigenvalue weighted by Gasteiger charge is 2.20. The van der Waals surface area contributed by atoms with Crippen LogP contribution in [0, 0.1) is 12.7 Å². The van der Waals surface area contributed by atoms with E-state index in [0.29, 0.717) is 5.82 Å². The third kappa shape index (κ3) is 2.50. The molecule has 20 heavy (non-hydrogen) atoms. The molecule has 0 radical (unpaired) electrons. The van der Waals surface area contributed by atoms with Gasteiger partial charge in [0, 0.05) is 29.2 Å². The number of nitrogens with one attached hydrogen (secondary N) is 1. The van der Waals surface area contributed by atoms with Crippen molar-refractivity contribution in [3.8, 4) is 11.4 Å². The Balaban J connectivity index is 2.12. The molecule has 1 aliphatic rings. The van der Waals surface area contributed by atoms with Gasteiger partial charge in [0.15, 0.2) is 5.82 Å². The summed E-state index contributed by atoms with van der Waals surface area (Å²) in [4.78, 5) is 9.19. The Kier molecular flexibility index (Phi) is 3.61. The van der Waals surface area contributed by atoms with Gasteiger partial charge in [0.1, 0.15) is 11.6 Å². The number of thioether (sulfide) groups is 1. The maximum Gasteiger partial charge on any atom is 0.161 e. The lowest BCUT2D eigenvalue weighted by Crippen LogP contribution is -2.06. The van der Waals surface area contributed by atoms with Crippen LogP contribution >= 0.6 is 11.8 Å². The molecular formula is C15H16FN3S. The standard InChI is InChI=1S/C15H16FN3S/c1-3-17-15-12-7-20-8-13(12)18-14(19-15)10-4-9(2)5-11(16)6-10/h4-6H,3,7-8H2,1-2H3,(H,17,18,19). The van der Waals surface area contributed by atoms with E-state index in [1.807, 2.05) is 31.7 Å². The molecule has 5 heteroatoms. The predicted molar refractivity (Wildman–Crippen MR) is 81.3 cm³/mol. The van der Waals surface area contributed by atoms with E-state index in [-0.39, 0.29) is 5.82 Å². The van der Waals surface area contributed by atoms with Gasteiger partial charge in [0.05, 0.1) is 5.69 Å². The van der Waals surface area contributed by atoms with Crippen molar-refractivity contribution in [3.63, 3.8) is 0 Å². The molecule has 0 fully saturated rings. The van der Waals surface area contributed by atoms with Gasteiger partial charge in [-0.2, -0.15) is 11.8 Å². The molecule has 1 aromatic heterocycles. The number of hydrogen-bond donors (Lipinski definition) is 1. The second-order valence-electron chi connectivity index (χ2n) is 4.86. The second kappa shape index (κ2) is 5.40. The zero-order chi connectivity index (χ0) is 14.1. The van der Waals surface area contributed by atoms with Crippen LogP contribution in [0.3, 0.4) is 0 Å². The van der Waals surface area contributed by atoms with Crippen molar-refractivity contribution in [1.29, 1.82) is 0 Å². The summed E-state index contributed by atoms with van der Waals surface area (Å²) in [5, 5.41) is 3.29. The number of hydrogen-bond acceptors (Lipinski definition) is 4. The molecule has 0 unspecified atom stereocenters. The van der Waals surface area contributed by atoms with Crippen molar-refractivity contribution < 1.29 is 4.39 Å². The third-order valence-electron chi connectivity index (χ3n) is 3.22. The lowest BCUT2D eigenvalue weighted by atomic mass is 10.1. The van der Waals surface area contributed by atoms with Gasteiger partial charge in [-0.3, -0.25) is 0 Å². The Morgan fingerprint density at radius 1 is 1.25 bits per heavy atom. The average Bonchev–Trinajstić information content (AvgIpc) is 2.86. The van der Waals surface area contributed by atoms with Crippen LogP contribution in [0.5, 0.6) is 0 Å². The molecule has 0 saturated heterocycles. The molecule has 2 heterocycles. The molecule has 1 aromatic carbocycles. The topological polar surface area (TPSA) is 37.8 Å². The minimum Gasteiger partial charge on any atom is -0.370 e. The van der Waals surface area contributed by atoms with E-state index in [1.165, 1.54) is 17.7 Å². The Morgan fingerprint density at radius 3 is 2.85 bits per heavy atom. The van der Waals surface area contributed by atoms with Gasteiger partial charge in [-0.05, 0) is 37.6 Å². The summed E-state index contributed by atoms with van der Waals surface area (Å²) in [5.41, 5.74) is 3.87. The van der Waals surface area contributed by atoms with Gasteiger partial charge < -0.3 is 5.32 Å². The number of benzene rings is 1. The third-order valence-corrected chi connectivity index (χ3v) is 4.19. The van der Waals surface area contributed by atoms with Crippen LogP contribution in [-0.2, 0) is 11.5 Å². The largest absolute Gasteiger partial charge is 0.370 e. The average molecular weight is 289 g/mol. The fourth-order valence-corrected chi connectivity index (χ4v) is 3.40. The normalized spacial score (nSPS) is 13.3. The maximum atomic E-state index is 13.6. The molecule has 0 aliphatic carbocycles. The van der Waals surface area contributed by atoms with Crippen LogP contribution in [0.25, 0.3) is 11.4 Å². The SMILES string of the molecule is CCNc1nc(-c2cc(C)cc(F)c2)nc2c1CSC2. The van der Waals surface area contributed by atoms with Gasteiger partial charge >= 0.3 is 0 Å².